The van der Waals surface area contributed by atoms with Crippen LogP contribution in [0, 0.1) is 5.41 Å². The molecule has 1 heterocycles. The van der Waals surface area contributed by atoms with E-state index in [4.69, 9.17) is 5.26 Å². The van der Waals surface area contributed by atoms with Crippen molar-refractivity contribution in [3.63, 3.8) is 0 Å². The molecule has 0 saturated heterocycles. The monoisotopic (exact) mass is 234 g/mol. The molecule has 0 aromatic heterocycles. The van der Waals surface area contributed by atoms with Crippen LogP contribution < -0.4 is 0 Å². The van der Waals surface area contributed by atoms with Gasteiger partial charge in [0.15, 0.2) is 0 Å². The van der Waals surface area contributed by atoms with Crippen LogP contribution in [0.3, 0.4) is 0 Å². The molecule has 2 atom stereocenters. The topological polar surface area (TPSA) is 54.2 Å². The van der Waals surface area contributed by atoms with E-state index >= 15 is 0 Å². The summed E-state index contributed by atoms with van der Waals surface area (Å²) in [6.45, 7) is 7.74. The zero-order chi connectivity index (χ0) is 12.7. The molecule has 4 nitrogen and oxygen atoms in total. The average molecular weight is 234 g/mol. The fourth-order valence-electron chi connectivity index (χ4n) is 2.21. The largest absolute Gasteiger partial charge is 0.249 e. The first kappa shape index (κ1) is 12.2. The van der Waals surface area contributed by atoms with Crippen LogP contribution in [-0.2, 0) is 10.4 Å². The van der Waals surface area contributed by atoms with Crippen molar-refractivity contribution in [1.82, 2.24) is 0 Å². The molecule has 1 N–H and O–H groups in total. The van der Waals surface area contributed by atoms with Crippen LogP contribution in [0.15, 0.2) is 40.6 Å². The molecule has 1 aromatic carbocycles. The molecule has 2 unspecified atom stereocenters. The lowest BCUT2D eigenvalue weighted by atomic mass is 9.65. The molecule has 4 heteroatoms. The molecule has 17 heavy (non-hydrogen) atoms. The Morgan fingerprint density at radius 2 is 1.59 bits per heavy atom. The molecule has 0 aliphatic carbocycles. The van der Waals surface area contributed by atoms with Gasteiger partial charge in [0, 0.05) is 5.41 Å². The summed E-state index contributed by atoms with van der Waals surface area (Å²) in [7, 11) is 0. The maximum Gasteiger partial charge on any atom is 0.217 e. The van der Waals surface area contributed by atoms with Crippen molar-refractivity contribution in [3.05, 3.63) is 35.9 Å². The van der Waals surface area contributed by atoms with Crippen LogP contribution in [0.2, 0.25) is 0 Å². The smallest absolute Gasteiger partial charge is 0.217 e. The third-order valence-electron chi connectivity index (χ3n) is 4.33. The predicted octanol–water partition coefficient (Wildman–Crippen LogP) is 3.60. The molecule has 2 rings (SSSR count). The van der Waals surface area contributed by atoms with Crippen LogP contribution in [0.5, 0.6) is 0 Å². The van der Waals surface area contributed by atoms with Crippen molar-refractivity contribution >= 4 is 0 Å². The molecule has 92 valence electrons. The molecule has 0 saturated carbocycles. The highest BCUT2D eigenvalue weighted by molar-refractivity contribution is 5.29. The average Bonchev–Trinajstić information content (AvgIpc) is 2.53. The first-order valence-electron chi connectivity index (χ1n) is 5.69. The van der Waals surface area contributed by atoms with E-state index in [-0.39, 0.29) is 0 Å². The highest BCUT2D eigenvalue weighted by Crippen LogP contribution is 2.56. The second kappa shape index (κ2) is 3.62. The number of azo groups is 1. The van der Waals surface area contributed by atoms with Gasteiger partial charge in [0.2, 0.25) is 5.72 Å². The van der Waals surface area contributed by atoms with Crippen LogP contribution in [0.1, 0.15) is 33.3 Å². The van der Waals surface area contributed by atoms with Gasteiger partial charge in [0.05, 0.1) is 0 Å². The van der Waals surface area contributed by atoms with Gasteiger partial charge in [-0.15, -0.1) is 0 Å². The summed E-state index contributed by atoms with van der Waals surface area (Å²) < 4.78 is 0. The molecule has 0 spiro atoms. The zero-order valence-electron chi connectivity index (χ0n) is 10.6. The van der Waals surface area contributed by atoms with Crippen molar-refractivity contribution in [3.8, 4) is 0 Å². The number of benzene rings is 1. The van der Waals surface area contributed by atoms with Gasteiger partial charge in [-0.05, 0) is 19.4 Å². The van der Waals surface area contributed by atoms with Gasteiger partial charge >= 0.3 is 0 Å². The molecule has 0 bridgehead atoms. The minimum Gasteiger partial charge on any atom is -0.249 e. The maximum atomic E-state index is 9.09. The summed E-state index contributed by atoms with van der Waals surface area (Å²) in [5, 5.41) is 17.6. The van der Waals surface area contributed by atoms with Crippen molar-refractivity contribution < 1.29 is 10.1 Å². The Kier molecular flexibility index (Phi) is 2.60. The van der Waals surface area contributed by atoms with E-state index in [0.717, 1.165) is 5.56 Å². The molecule has 0 radical (unpaired) electrons. The summed E-state index contributed by atoms with van der Waals surface area (Å²) in [5.74, 6) is 0. The van der Waals surface area contributed by atoms with E-state index in [1.165, 1.54) is 0 Å². The van der Waals surface area contributed by atoms with E-state index in [1.54, 1.807) is 6.92 Å². The fourth-order valence-corrected chi connectivity index (χ4v) is 2.21. The molecule has 0 amide bonds. The summed E-state index contributed by atoms with van der Waals surface area (Å²) in [6, 6.07) is 9.95. The van der Waals surface area contributed by atoms with Crippen LogP contribution in [-0.4, -0.2) is 11.0 Å². The lowest BCUT2D eigenvalue weighted by molar-refractivity contribution is -0.342. The molecule has 0 fully saturated rings. The van der Waals surface area contributed by atoms with Gasteiger partial charge in [-0.3, -0.25) is 0 Å². The lowest BCUT2D eigenvalue weighted by Crippen LogP contribution is -2.49. The lowest BCUT2D eigenvalue weighted by Gasteiger charge is -2.41. The van der Waals surface area contributed by atoms with Crippen LogP contribution in [0.25, 0.3) is 0 Å². The molecule has 1 aliphatic heterocycles. The second-order valence-corrected chi connectivity index (χ2v) is 5.34. The Morgan fingerprint density at radius 3 is 2.06 bits per heavy atom. The standard InChI is InChI=1S/C13H18N2O2/c1-11(2)12(3,10-8-6-5-7-9-10)14-15-13(11,4)17-16/h5-9,16H,1-4H3. The SMILES string of the molecule is CC1(OO)N=NC(C)(c2ccccc2)C1(C)C. The maximum absolute atomic E-state index is 9.09. The van der Waals surface area contributed by atoms with Gasteiger partial charge in [-0.25, -0.2) is 10.1 Å². The number of rotatable bonds is 2. The minimum atomic E-state index is -1.02. The van der Waals surface area contributed by atoms with Gasteiger partial charge in [-0.1, -0.05) is 44.2 Å². The quantitative estimate of drug-likeness (QED) is 0.628. The highest BCUT2D eigenvalue weighted by Gasteiger charge is 2.60. The summed E-state index contributed by atoms with van der Waals surface area (Å²) in [4.78, 5) is 4.57. The molecule has 1 aromatic rings. The Labute approximate surface area is 101 Å². The minimum absolute atomic E-state index is 0.448. The van der Waals surface area contributed by atoms with Crippen molar-refractivity contribution in [2.75, 3.05) is 0 Å². The van der Waals surface area contributed by atoms with Crippen molar-refractivity contribution in [1.29, 1.82) is 0 Å². The normalized spacial score (nSPS) is 35.1. The molecular formula is C13H18N2O2. The van der Waals surface area contributed by atoms with Gasteiger partial charge < -0.3 is 0 Å². The highest BCUT2D eigenvalue weighted by atomic mass is 17.1. The van der Waals surface area contributed by atoms with E-state index in [9.17, 15) is 0 Å². The number of hydrogen-bond acceptors (Lipinski definition) is 4. The fraction of sp³-hybridized carbons (Fsp3) is 0.538. The van der Waals surface area contributed by atoms with Gasteiger partial charge in [0.25, 0.3) is 0 Å². The van der Waals surface area contributed by atoms with E-state index in [2.05, 4.69) is 15.1 Å². The number of hydrogen-bond donors (Lipinski definition) is 1. The zero-order valence-corrected chi connectivity index (χ0v) is 10.6. The molecular weight excluding hydrogens is 216 g/mol. The third-order valence-corrected chi connectivity index (χ3v) is 4.33. The van der Waals surface area contributed by atoms with Gasteiger partial charge in [-0.2, -0.15) is 10.2 Å². The van der Waals surface area contributed by atoms with E-state index in [1.807, 2.05) is 51.1 Å². The predicted molar refractivity (Wildman–Crippen MR) is 64.5 cm³/mol. The molecule has 1 aliphatic rings. The first-order valence-corrected chi connectivity index (χ1v) is 5.69. The van der Waals surface area contributed by atoms with E-state index in [0.29, 0.717) is 0 Å². The Hall–Kier alpha value is -1.26. The summed E-state index contributed by atoms with van der Waals surface area (Å²) in [5.41, 5.74) is -0.908. The Bertz CT molecular complexity index is 444. The second-order valence-electron chi connectivity index (χ2n) is 5.34. The number of nitrogens with zero attached hydrogens (tertiary/aromatic N) is 2. The van der Waals surface area contributed by atoms with Crippen LogP contribution in [0.4, 0.5) is 0 Å². The van der Waals surface area contributed by atoms with Crippen LogP contribution >= 0.6 is 0 Å². The third kappa shape index (κ3) is 1.44. The van der Waals surface area contributed by atoms with Crippen molar-refractivity contribution in [2.24, 2.45) is 15.6 Å². The Balaban J connectivity index is 2.52. The summed E-state index contributed by atoms with van der Waals surface area (Å²) in [6.07, 6.45) is 0. The summed E-state index contributed by atoms with van der Waals surface area (Å²) >= 11 is 0. The first-order chi connectivity index (χ1) is 7.87. The van der Waals surface area contributed by atoms with Gasteiger partial charge in [0.1, 0.15) is 5.54 Å². The van der Waals surface area contributed by atoms with E-state index < -0.39 is 16.7 Å². The Morgan fingerprint density at radius 1 is 1.00 bits per heavy atom. The van der Waals surface area contributed by atoms with Crippen molar-refractivity contribution in [2.45, 2.75) is 39.0 Å².